The van der Waals surface area contributed by atoms with Gasteiger partial charge in [0.2, 0.25) is 5.89 Å². The lowest BCUT2D eigenvalue weighted by Gasteiger charge is -1.93. The standard InChI is InChI=1S/C8H10N4O/c1-6-3-4-12(10-6)5-8-9-7(2)13-11-8/h3-4H,5H2,1-2H3. The molecule has 2 aromatic heterocycles. The van der Waals surface area contributed by atoms with Gasteiger partial charge >= 0.3 is 0 Å². The van der Waals surface area contributed by atoms with E-state index in [2.05, 4.69) is 15.2 Å². The highest BCUT2D eigenvalue weighted by molar-refractivity contribution is 4.96. The van der Waals surface area contributed by atoms with E-state index in [4.69, 9.17) is 4.52 Å². The zero-order chi connectivity index (χ0) is 9.26. The Labute approximate surface area is 75.4 Å². The fourth-order valence-corrected chi connectivity index (χ4v) is 1.10. The van der Waals surface area contributed by atoms with E-state index in [9.17, 15) is 0 Å². The summed E-state index contributed by atoms with van der Waals surface area (Å²) in [7, 11) is 0. The summed E-state index contributed by atoms with van der Waals surface area (Å²) < 4.78 is 6.62. The third-order valence-electron chi connectivity index (χ3n) is 1.65. The summed E-state index contributed by atoms with van der Waals surface area (Å²) in [6, 6.07) is 1.94. The van der Waals surface area contributed by atoms with Gasteiger partial charge in [-0.2, -0.15) is 10.1 Å². The van der Waals surface area contributed by atoms with Gasteiger partial charge in [-0.1, -0.05) is 5.16 Å². The second-order valence-corrected chi connectivity index (χ2v) is 2.88. The fraction of sp³-hybridized carbons (Fsp3) is 0.375. The molecule has 0 amide bonds. The van der Waals surface area contributed by atoms with Gasteiger partial charge in [-0.3, -0.25) is 4.68 Å². The molecule has 0 aliphatic heterocycles. The number of aryl methyl sites for hydroxylation is 2. The van der Waals surface area contributed by atoms with Crippen LogP contribution in [0.1, 0.15) is 17.4 Å². The monoisotopic (exact) mass is 178 g/mol. The average molecular weight is 178 g/mol. The second kappa shape index (κ2) is 3.01. The van der Waals surface area contributed by atoms with Crippen LogP contribution in [0.2, 0.25) is 0 Å². The highest BCUT2D eigenvalue weighted by Gasteiger charge is 2.03. The van der Waals surface area contributed by atoms with E-state index in [-0.39, 0.29) is 0 Å². The molecule has 0 saturated heterocycles. The number of nitrogens with zero attached hydrogens (tertiary/aromatic N) is 4. The molecule has 13 heavy (non-hydrogen) atoms. The molecule has 5 heteroatoms. The SMILES string of the molecule is Cc1ccn(Cc2noc(C)n2)n1. The van der Waals surface area contributed by atoms with Crippen molar-refractivity contribution in [3.8, 4) is 0 Å². The van der Waals surface area contributed by atoms with E-state index in [0.29, 0.717) is 18.3 Å². The Hall–Kier alpha value is -1.65. The molecule has 0 bridgehead atoms. The highest BCUT2D eigenvalue weighted by atomic mass is 16.5. The predicted molar refractivity (Wildman–Crippen MR) is 45.1 cm³/mol. The molecule has 68 valence electrons. The van der Waals surface area contributed by atoms with Gasteiger partial charge in [-0.25, -0.2) is 0 Å². The maximum atomic E-state index is 4.84. The first-order valence-corrected chi connectivity index (χ1v) is 4.03. The fourth-order valence-electron chi connectivity index (χ4n) is 1.10. The Bertz CT molecular complexity index is 365. The molecule has 0 fully saturated rings. The van der Waals surface area contributed by atoms with Crippen LogP contribution in [0.15, 0.2) is 16.8 Å². The Kier molecular flexibility index (Phi) is 1.84. The Morgan fingerprint density at radius 3 is 2.85 bits per heavy atom. The van der Waals surface area contributed by atoms with E-state index < -0.39 is 0 Å². The third-order valence-corrected chi connectivity index (χ3v) is 1.65. The normalized spacial score (nSPS) is 10.6. The first-order chi connectivity index (χ1) is 6.24. The van der Waals surface area contributed by atoms with Crippen molar-refractivity contribution in [3.63, 3.8) is 0 Å². The minimum absolute atomic E-state index is 0.561. The third kappa shape index (κ3) is 1.74. The summed E-state index contributed by atoms with van der Waals surface area (Å²) in [5.41, 5.74) is 0.986. The number of aromatic nitrogens is 4. The molecule has 0 saturated carbocycles. The molecule has 0 aliphatic carbocycles. The summed E-state index contributed by atoms with van der Waals surface area (Å²) in [6.07, 6.45) is 1.89. The van der Waals surface area contributed by atoms with Crippen molar-refractivity contribution in [1.82, 2.24) is 19.9 Å². The van der Waals surface area contributed by atoms with Crippen LogP contribution in [-0.2, 0) is 6.54 Å². The lowest BCUT2D eigenvalue weighted by atomic mass is 10.5. The van der Waals surface area contributed by atoms with Gasteiger partial charge in [0.05, 0.1) is 5.69 Å². The zero-order valence-corrected chi connectivity index (χ0v) is 7.56. The Morgan fingerprint density at radius 2 is 2.31 bits per heavy atom. The molecule has 0 unspecified atom stereocenters. The maximum Gasteiger partial charge on any atom is 0.223 e. The van der Waals surface area contributed by atoms with Crippen molar-refractivity contribution >= 4 is 0 Å². The summed E-state index contributed by atoms with van der Waals surface area (Å²) in [5.74, 6) is 1.24. The van der Waals surface area contributed by atoms with Crippen molar-refractivity contribution in [3.05, 3.63) is 29.7 Å². The summed E-state index contributed by atoms with van der Waals surface area (Å²) >= 11 is 0. The molecule has 2 rings (SSSR count). The smallest absolute Gasteiger partial charge is 0.223 e. The number of hydrogen-bond acceptors (Lipinski definition) is 4. The van der Waals surface area contributed by atoms with Gasteiger partial charge in [0.15, 0.2) is 5.82 Å². The molecule has 0 N–H and O–H groups in total. The quantitative estimate of drug-likeness (QED) is 0.686. The largest absolute Gasteiger partial charge is 0.340 e. The summed E-state index contributed by atoms with van der Waals surface area (Å²) in [5, 5.41) is 7.98. The van der Waals surface area contributed by atoms with E-state index >= 15 is 0 Å². The lowest BCUT2D eigenvalue weighted by molar-refractivity contribution is 0.385. The second-order valence-electron chi connectivity index (χ2n) is 2.88. The van der Waals surface area contributed by atoms with Gasteiger partial charge in [-0.15, -0.1) is 0 Å². The summed E-state index contributed by atoms with van der Waals surface area (Å²) in [4.78, 5) is 4.08. The zero-order valence-electron chi connectivity index (χ0n) is 7.56. The molecular weight excluding hydrogens is 168 g/mol. The highest BCUT2D eigenvalue weighted by Crippen LogP contribution is 1.99. The van der Waals surface area contributed by atoms with Crippen molar-refractivity contribution in [2.45, 2.75) is 20.4 Å². The molecule has 2 aromatic rings. The van der Waals surface area contributed by atoms with Crippen LogP contribution >= 0.6 is 0 Å². The number of rotatable bonds is 2. The number of hydrogen-bond donors (Lipinski definition) is 0. The van der Waals surface area contributed by atoms with Crippen molar-refractivity contribution < 1.29 is 4.52 Å². The van der Waals surface area contributed by atoms with E-state index in [1.165, 1.54) is 0 Å². The van der Waals surface area contributed by atoms with E-state index in [1.54, 1.807) is 11.6 Å². The van der Waals surface area contributed by atoms with Crippen LogP contribution in [0.25, 0.3) is 0 Å². The predicted octanol–water partition coefficient (Wildman–Crippen LogP) is 0.931. The molecule has 0 spiro atoms. The molecule has 5 nitrogen and oxygen atoms in total. The van der Waals surface area contributed by atoms with Gasteiger partial charge in [0.1, 0.15) is 6.54 Å². The maximum absolute atomic E-state index is 4.84. The minimum atomic E-state index is 0.561. The van der Waals surface area contributed by atoms with Crippen LogP contribution in [-0.4, -0.2) is 19.9 Å². The van der Waals surface area contributed by atoms with Crippen molar-refractivity contribution in [2.24, 2.45) is 0 Å². The van der Waals surface area contributed by atoms with Crippen molar-refractivity contribution in [1.29, 1.82) is 0 Å². The van der Waals surface area contributed by atoms with Gasteiger partial charge in [0.25, 0.3) is 0 Å². The molecule has 0 atom stereocenters. The van der Waals surface area contributed by atoms with Gasteiger partial charge in [-0.05, 0) is 13.0 Å². The van der Waals surface area contributed by atoms with Crippen LogP contribution in [0.4, 0.5) is 0 Å². The van der Waals surface area contributed by atoms with E-state index in [1.807, 2.05) is 19.2 Å². The van der Waals surface area contributed by atoms with E-state index in [0.717, 1.165) is 5.69 Å². The van der Waals surface area contributed by atoms with Gasteiger partial charge in [0, 0.05) is 13.1 Å². The van der Waals surface area contributed by atoms with Crippen LogP contribution in [0.5, 0.6) is 0 Å². The average Bonchev–Trinajstić information content (AvgIpc) is 2.62. The van der Waals surface area contributed by atoms with Crippen molar-refractivity contribution in [2.75, 3.05) is 0 Å². The first kappa shape index (κ1) is 7.97. The summed E-state index contributed by atoms with van der Waals surface area (Å²) in [6.45, 7) is 4.27. The van der Waals surface area contributed by atoms with Crippen LogP contribution in [0.3, 0.4) is 0 Å². The van der Waals surface area contributed by atoms with Crippen LogP contribution < -0.4 is 0 Å². The molecule has 0 radical (unpaired) electrons. The molecule has 2 heterocycles. The van der Waals surface area contributed by atoms with Crippen LogP contribution in [0, 0.1) is 13.8 Å². The Balaban J connectivity index is 2.14. The topological polar surface area (TPSA) is 56.7 Å². The van der Waals surface area contributed by atoms with Gasteiger partial charge < -0.3 is 4.52 Å². The Morgan fingerprint density at radius 1 is 1.46 bits per heavy atom. The molecule has 0 aromatic carbocycles. The molecular formula is C8H10N4O. The lowest BCUT2D eigenvalue weighted by Crippen LogP contribution is -2.02. The minimum Gasteiger partial charge on any atom is -0.340 e. The molecule has 0 aliphatic rings. The first-order valence-electron chi connectivity index (χ1n) is 4.03.